The summed E-state index contributed by atoms with van der Waals surface area (Å²) in [4.78, 5) is 21.3. The van der Waals surface area contributed by atoms with Gasteiger partial charge in [0.05, 0.1) is 10.8 Å². The van der Waals surface area contributed by atoms with Gasteiger partial charge in [-0.1, -0.05) is 60.3 Å². The van der Waals surface area contributed by atoms with E-state index in [-0.39, 0.29) is 5.91 Å². The molecule has 1 fully saturated rings. The van der Waals surface area contributed by atoms with E-state index in [1.165, 1.54) is 5.56 Å². The Morgan fingerprint density at radius 2 is 1.80 bits per heavy atom. The highest BCUT2D eigenvalue weighted by Gasteiger charge is 2.23. The van der Waals surface area contributed by atoms with Crippen molar-refractivity contribution in [2.45, 2.75) is 10.8 Å². The number of piperazine rings is 1. The molecule has 1 aromatic carbocycles. The van der Waals surface area contributed by atoms with E-state index in [0.717, 1.165) is 43.5 Å². The van der Waals surface area contributed by atoms with Crippen LogP contribution in [0.15, 0.2) is 82.4 Å². The van der Waals surface area contributed by atoms with Crippen molar-refractivity contribution in [1.29, 1.82) is 0 Å². The Morgan fingerprint density at radius 1 is 1.00 bits per heavy atom. The topological polar surface area (TPSA) is 49.6 Å². The van der Waals surface area contributed by atoms with Gasteiger partial charge in [-0.25, -0.2) is 4.98 Å². The summed E-state index contributed by atoms with van der Waals surface area (Å²) < 4.78 is 5.80. The number of benzene rings is 1. The molecule has 0 unspecified atom stereocenters. The minimum absolute atomic E-state index is 0.0245. The van der Waals surface area contributed by atoms with Gasteiger partial charge in [-0.3, -0.25) is 9.69 Å². The summed E-state index contributed by atoms with van der Waals surface area (Å²) in [5.41, 5.74) is 1.21. The van der Waals surface area contributed by atoms with Crippen molar-refractivity contribution >= 4 is 23.7 Å². The fourth-order valence-corrected chi connectivity index (χ4v) is 4.09. The molecule has 1 aliphatic heterocycles. The number of nitrogens with zero attached hydrogens (tertiary/aromatic N) is 3. The Kier molecular flexibility index (Phi) is 7.00. The van der Waals surface area contributed by atoms with E-state index in [9.17, 15) is 4.79 Å². The lowest BCUT2D eigenvalue weighted by Crippen LogP contribution is -2.48. The van der Waals surface area contributed by atoms with E-state index in [2.05, 4.69) is 34.2 Å². The third-order valence-corrected chi connectivity index (χ3v) is 5.97. The van der Waals surface area contributed by atoms with Crippen molar-refractivity contribution in [2.75, 3.05) is 32.7 Å². The van der Waals surface area contributed by atoms with Crippen LogP contribution in [0.5, 0.6) is 0 Å². The lowest BCUT2D eigenvalue weighted by atomic mass is 10.2. The van der Waals surface area contributed by atoms with Crippen LogP contribution in [-0.2, 0) is 5.75 Å². The number of pyridine rings is 1. The van der Waals surface area contributed by atoms with Gasteiger partial charge in [0.2, 0.25) is 0 Å². The van der Waals surface area contributed by atoms with E-state index in [0.29, 0.717) is 11.5 Å². The maximum Gasteiger partial charge on any atom is 0.289 e. The lowest BCUT2D eigenvalue weighted by Gasteiger charge is -2.33. The monoisotopic (exact) mass is 419 g/mol. The maximum absolute atomic E-state index is 12.8. The highest BCUT2D eigenvalue weighted by atomic mass is 32.2. The highest BCUT2D eigenvalue weighted by Crippen LogP contribution is 2.22. The van der Waals surface area contributed by atoms with Crippen molar-refractivity contribution in [3.05, 3.63) is 90.0 Å². The van der Waals surface area contributed by atoms with Gasteiger partial charge in [0.15, 0.2) is 5.76 Å². The average Bonchev–Trinajstić information content (AvgIpc) is 3.28. The predicted octanol–water partition coefficient (Wildman–Crippen LogP) is 4.44. The first-order valence-electron chi connectivity index (χ1n) is 10.1. The first-order chi connectivity index (χ1) is 14.8. The Hall–Kier alpha value is -2.83. The number of carbonyl (C=O) groups excluding carboxylic acids is 1. The molecule has 0 N–H and O–H groups in total. The molecule has 1 amide bonds. The molecule has 1 aliphatic rings. The molecule has 2 aromatic heterocycles. The molecule has 6 heteroatoms. The van der Waals surface area contributed by atoms with Crippen LogP contribution in [0.3, 0.4) is 0 Å². The highest BCUT2D eigenvalue weighted by molar-refractivity contribution is 7.98. The number of thioether (sulfide) groups is 1. The van der Waals surface area contributed by atoms with Gasteiger partial charge < -0.3 is 9.32 Å². The van der Waals surface area contributed by atoms with Crippen LogP contribution >= 0.6 is 11.8 Å². The summed E-state index contributed by atoms with van der Waals surface area (Å²) >= 11 is 1.60. The maximum atomic E-state index is 12.8. The zero-order valence-corrected chi connectivity index (χ0v) is 17.6. The van der Waals surface area contributed by atoms with Crippen LogP contribution in [0.2, 0.25) is 0 Å². The molecule has 0 aliphatic carbocycles. The van der Waals surface area contributed by atoms with Crippen LogP contribution in [0, 0.1) is 0 Å². The van der Waals surface area contributed by atoms with Gasteiger partial charge in [0.1, 0.15) is 5.76 Å². The Bertz CT molecular complexity index is 964. The number of amides is 1. The predicted molar refractivity (Wildman–Crippen MR) is 120 cm³/mol. The van der Waals surface area contributed by atoms with Crippen LogP contribution in [0.1, 0.15) is 21.9 Å². The van der Waals surface area contributed by atoms with Crippen LogP contribution in [0.4, 0.5) is 0 Å². The fourth-order valence-electron chi connectivity index (χ4n) is 3.34. The van der Waals surface area contributed by atoms with Gasteiger partial charge in [-0.2, -0.15) is 0 Å². The van der Waals surface area contributed by atoms with Crippen molar-refractivity contribution in [1.82, 2.24) is 14.8 Å². The minimum Gasteiger partial charge on any atom is -0.455 e. The molecule has 0 radical (unpaired) electrons. The standard InChI is InChI=1S/C24H25N3O2S/c28-24(22-12-11-21(29-22)19-30-23-10-4-5-13-25-23)27-17-15-26(16-18-27)14-6-9-20-7-2-1-3-8-20/h1-13H,14-19H2. The number of hydrogen-bond donors (Lipinski definition) is 0. The Labute approximate surface area is 181 Å². The minimum atomic E-state index is -0.0245. The molecule has 0 spiro atoms. The molecule has 30 heavy (non-hydrogen) atoms. The third kappa shape index (κ3) is 5.62. The van der Waals surface area contributed by atoms with E-state index in [1.54, 1.807) is 24.0 Å². The van der Waals surface area contributed by atoms with Gasteiger partial charge in [-0.05, 0) is 29.8 Å². The number of hydrogen-bond acceptors (Lipinski definition) is 5. The second-order valence-electron chi connectivity index (χ2n) is 7.13. The first-order valence-corrected chi connectivity index (χ1v) is 11.1. The molecule has 5 nitrogen and oxygen atoms in total. The number of carbonyl (C=O) groups is 1. The molecular formula is C24H25N3O2S. The summed E-state index contributed by atoms with van der Waals surface area (Å²) in [5, 5.41) is 0.944. The number of furan rings is 1. The molecule has 0 bridgehead atoms. The molecule has 0 saturated carbocycles. The van der Waals surface area contributed by atoms with Crippen LogP contribution in [-0.4, -0.2) is 53.4 Å². The summed E-state index contributed by atoms with van der Waals surface area (Å²) in [7, 11) is 0. The van der Waals surface area contributed by atoms with Gasteiger partial charge in [0, 0.05) is 38.9 Å². The van der Waals surface area contributed by atoms with E-state index in [4.69, 9.17) is 4.42 Å². The largest absolute Gasteiger partial charge is 0.455 e. The number of rotatable bonds is 7. The first kappa shape index (κ1) is 20.4. The van der Waals surface area contributed by atoms with Crippen LogP contribution in [0.25, 0.3) is 6.08 Å². The van der Waals surface area contributed by atoms with Crippen molar-refractivity contribution in [2.24, 2.45) is 0 Å². The average molecular weight is 420 g/mol. The zero-order chi connectivity index (χ0) is 20.6. The van der Waals surface area contributed by atoms with Crippen LogP contribution < -0.4 is 0 Å². The summed E-state index contributed by atoms with van der Waals surface area (Å²) in [6, 6.07) is 19.8. The van der Waals surface area contributed by atoms with Gasteiger partial charge >= 0.3 is 0 Å². The molecular weight excluding hydrogens is 394 g/mol. The SMILES string of the molecule is O=C(c1ccc(CSc2ccccn2)o1)N1CCN(CC=Cc2ccccc2)CC1. The van der Waals surface area contributed by atoms with Crippen molar-refractivity contribution in [3.8, 4) is 0 Å². The van der Waals surface area contributed by atoms with Crippen molar-refractivity contribution < 1.29 is 9.21 Å². The second kappa shape index (κ2) is 10.3. The Balaban J connectivity index is 1.23. The van der Waals surface area contributed by atoms with E-state index in [1.807, 2.05) is 47.4 Å². The smallest absolute Gasteiger partial charge is 0.289 e. The molecule has 1 saturated heterocycles. The summed E-state index contributed by atoms with van der Waals surface area (Å²) in [6.07, 6.45) is 6.10. The Morgan fingerprint density at radius 3 is 2.57 bits per heavy atom. The third-order valence-electron chi connectivity index (χ3n) is 5.01. The van der Waals surface area contributed by atoms with Gasteiger partial charge in [-0.15, -0.1) is 0 Å². The molecule has 4 rings (SSSR count). The second-order valence-corrected chi connectivity index (χ2v) is 8.12. The summed E-state index contributed by atoms with van der Waals surface area (Å²) in [6.45, 7) is 4.07. The molecule has 3 heterocycles. The molecule has 3 aromatic rings. The number of aromatic nitrogens is 1. The zero-order valence-electron chi connectivity index (χ0n) is 16.8. The van der Waals surface area contributed by atoms with E-state index < -0.39 is 0 Å². The van der Waals surface area contributed by atoms with E-state index >= 15 is 0 Å². The summed E-state index contributed by atoms with van der Waals surface area (Å²) in [5.74, 6) is 1.84. The lowest BCUT2D eigenvalue weighted by molar-refractivity contribution is 0.0617. The van der Waals surface area contributed by atoms with Crippen molar-refractivity contribution in [3.63, 3.8) is 0 Å². The molecule has 154 valence electrons. The normalized spacial score (nSPS) is 15.0. The molecule has 0 atom stereocenters. The van der Waals surface area contributed by atoms with Gasteiger partial charge in [0.25, 0.3) is 5.91 Å². The quantitative estimate of drug-likeness (QED) is 0.530. The fraction of sp³-hybridized carbons (Fsp3) is 0.250.